The first-order valence-electron chi connectivity index (χ1n) is 8.80. The first-order valence-corrected chi connectivity index (χ1v) is 8.80. The number of aliphatic hydroxyl groups is 2. The summed E-state index contributed by atoms with van der Waals surface area (Å²) >= 11 is 0. The normalized spacial score (nSPS) is 15.1. The summed E-state index contributed by atoms with van der Waals surface area (Å²) in [5.41, 5.74) is 0. The number of hydrogen-bond donors (Lipinski definition) is 3. The van der Waals surface area contributed by atoms with Crippen molar-refractivity contribution in [3.63, 3.8) is 0 Å². The molecule has 4 heteroatoms. The highest BCUT2D eigenvalue weighted by atomic mass is 16.4. The average molecular weight is 336 g/mol. The Morgan fingerprint density at radius 1 is 0.875 bits per heavy atom. The monoisotopic (exact) mass is 336 g/mol. The summed E-state index contributed by atoms with van der Waals surface area (Å²) in [5.74, 6) is -0.759. The molecule has 24 heavy (non-hydrogen) atoms. The number of allylic oxidation sites excluding steroid dienone is 6. The van der Waals surface area contributed by atoms with E-state index in [1.807, 2.05) is 30.4 Å². The molecule has 0 aliphatic heterocycles. The van der Waals surface area contributed by atoms with Crippen LogP contribution in [0.15, 0.2) is 48.6 Å². The van der Waals surface area contributed by atoms with Crippen molar-refractivity contribution in [3.8, 4) is 0 Å². The Balaban J connectivity index is 3.82. The van der Waals surface area contributed by atoms with Gasteiger partial charge in [0.1, 0.15) is 12.2 Å². The van der Waals surface area contributed by atoms with Crippen LogP contribution in [-0.2, 0) is 4.79 Å². The lowest BCUT2D eigenvalue weighted by Gasteiger charge is -2.09. The minimum absolute atomic E-state index is 0.205. The minimum Gasteiger partial charge on any atom is -0.481 e. The first-order chi connectivity index (χ1) is 11.6. The van der Waals surface area contributed by atoms with Crippen molar-refractivity contribution in [1.82, 2.24) is 0 Å². The number of hydrogen-bond acceptors (Lipinski definition) is 3. The van der Waals surface area contributed by atoms with Crippen molar-refractivity contribution in [1.29, 1.82) is 0 Å². The number of rotatable bonds is 14. The van der Waals surface area contributed by atoms with E-state index >= 15 is 0 Å². The molecule has 0 rings (SSSR count). The van der Waals surface area contributed by atoms with Crippen LogP contribution in [0.1, 0.15) is 58.3 Å². The van der Waals surface area contributed by atoms with Crippen molar-refractivity contribution in [3.05, 3.63) is 48.6 Å². The first kappa shape index (κ1) is 22.4. The van der Waals surface area contributed by atoms with Crippen LogP contribution < -0.4 is 0 Å². The van der Waals surface area contributed by atoms with Gasteiger partial charge in [-0.1, -0.05) is 68.4 Å². The maximum atomic E-state index is 10.3. The zero-order chi connectivity index (χ0) is 18.0. The molecule has 0 aromatic carbocycles. The summed E-state index contributed by atoms with van der Waals surface area (Å²) in [6, 6.07) is 0. The van der Waals surface area contributed by atoms with Crippen molar-refractivity contribution in [2.24, 2.45) is 0 Å². The van der Waals surface area contributed by atoms with Crippen LogP contribution in [0.25, 0.3) is 0 Å². The smallest absolute Gasteiger partial charge is 0.303 e. The summed E-state index contributed by atoms with van der Waals surface area (Å²) in [5, 5.41) is 28.0. The topological polar surface area (TPSA) is 77.8 Å². The highest BCUT2D eigenvalue weighted by Gasteiger charge is 2.07. The Morgan fingerprint density at radius 3 is 2.29 bits per heavy atom. The number of aliphatic hydroxyl groups excluding tert-OH is 2. The van der Waals surface area contributed by atoms with E-state index in [2.05, 4.69) is 6.92 Å². The number of carboxylic acid groups (broad SMARTS) is 1. The number of aliphatic carboxylic acids is 1. The van der Waals surface area contributed by atoms with Crippen LogP contribution in [0.4, 0.5) is 0 Å². The molecular formula is C20H32O4. The molecule has 0 radical (unpaired) electrons. The van der Waals surface area contributed by atoms with Gasteiger partial charge in [-0.05, 0) is 32.1 Å². The Kier molecular flexibility index (Phi) is 15.1. The molecule has 0 amide bonds. The molecule has 3 N–H and O–H groups in total. The molecule has 0 aliphatic rings. The third-order valence-electron chi connectivity index (χ3n) is 3.41. The van der Waals surface area contributed by atoms with E-state index in [-0.39, 0.29) is 6.42 Å². The second kappa shape index (κ2) is 16.2. The molecule has 0 bridgehead atoms. The van der Waals surface area contributed by atoms with Crippen LogP contribution in [-0.4, -0.2) is 33.5 Å². The molecule has 0 aromatic rings. The van der Waals surface area contributed by atoms with Gasteiger partial charge in [0.2, 0.25) is 0 Å². The fraction of sp³-hybridized carbons (Fsp3) is 0.550. The summed E-state index contributed by atoms with van der Waals surface area (Å²) < 4.78 is 0. The molecule has 2 atom stereocenters. The zero-order valence-electron chi connectivity index (χ0n) is 14.7. The summed E-state index contributed by atoms with van der Waals surface area (Å²) in [6.45, 7) is 2.15. The van der Waals surface area contributed by atoms with Crippen LogP contribution in [0.3, 0.4) is 0 Å². The predicted octanol–water partition coefficient (Wildman–Crippen LogP) is 4.16. The van der Waals surface area contributed by atoms with Crippen LogP contribution >= 0.6 is 0 Å². The Labute approximate surface area is 145 Å². The van der Waals surface area contributed by atoms with Crippen molar-refractivity contribution in [2.45, 2.75) is 70.5 Å². The van der Waals surface area contributed by atoms with E-state index in [4.69, 9.17) is 5.11 Å². The standard InChI is InChI=1S/C20H32O4/c1-2-3-4-9-12-15-18(21)19(22)16-13-10-7-5-6-8-11-14-17-20(23)24/h6-8,10,12-13,15-16,18-19,21-22H,2-5,9,11,14,17H2,1H3,(H,23,24). The Morgan fingerprint density at radius 2 is 1.58 bits per heavy atom. The molecule has 0 aromatic heterocycles. The Bertz CT molecular complexity index is 421. The van der Waals surface area contributed by atoms with Crippen molar-refractivity contribution < 1.29 is 20.1 Å². The summed E-state index contributed by atoms with van der Waals surface area (Å²) in [6.07, 6.45) is 19.6. The van der Waals surface area contributed by atoms with Crippen LogP contribution in [0.5, 0.6) is 0 Å². The molecule has 0 heterocycles. The molecule has 0 saturated carbocycles. The third-order valence-corrected chi connectivity index (χ3v) is 3.41. The van der Waals surface area contributed by atoms with E-state index in [9.17, 15) is 15.0 Å². The maximum absolute atomic E-state index is 10.3. The predicted molar refractivity (Wildman–Crippen MR) is 98.8 cm³/mol. The lowest BCUT2D eigenvalue weighted by atomic mass is 10.1. The summed E-state index contributed by atoms with van der Waals surface area (Å²) in [4.78, 5) is 10.3. The van der Waals surface area contributed by atoms with E-state index in [1.165, 1.54) is 12.8 Å². The molecule has 136 valence electrons. The fourth-order valence-corrected chi connectivity index (χ4v) is 1.97. The highest BCUT2D eigenvalue weighted by molar-refractivity contribution is 5.66. The molecular weight excluding hydrogens is 304 g/mol. The number of carbonyl (C=O) groups is 1. The maximum Gasteiger partial charge on any atom is 0.303 e. The summed E-state index contributed by atoms with van der Waals surface area (Å²) in [7, 11) is 0. The second-order valence-corrected chi connectivity index (χ2v) is 5.71. The quantitative estimate of drug-likeness (QED) is 0.253. The van der Waals surface area contributed by atoms with Gasteiger partial charge >= 0.3 is 5.97 Å². The molecule has 4 nitrogen and oxygen atoms in total. The fourth-order valence-electron chi connectivity index (χ4n) is 1.97. The number of carboxylic acids is 1. The highest BCUT2D eigenvalue weighted by Crippen LogP contribution is 2.03. The SMILES string of the molecule is CCCCCC=CC(O)C(O)C=CC=CCC=CCCCC(=O)O. The molecule has 0 aliphatic carbocycles. The molecule has 0 spiro atoms. The van der Waals surface area contributed by atoms with Gasteiger partial charge in [0.05, 0.1) is 0 Å². The van der Waals surface area contributed by atoms with Gasteiger partial charge < -0.3 is 15.3 Å². The molecule has 0 fully saturated rings. The van der Waals surface area contributed by atoms with Crippen molar-refractivity contribution >= 4 is 5.97 Å². The van der Waals surface area contributed by atoms with E-state index in [1.54, 1.807) is 18.2 Å². The van der Waals surface area contributed by atoms with E-state index < -0.39 is 18.2 Å². The van der Waals surface area contributed by atoms with Gasteiger partial charge in [0.15, 0.2) is 0 Å². The Hall–Kier alpha value is -1.65. The lowest BCUT2D eigenvalue weighted by Crippen LogP contribution is -2.20. The van der Waals surface area contributed by atoms with Crippen LogP contribution in [0.2, 0.25) is 0 Å². The van der Waals surface area contributed by atoms with Gasteiger partial charge in [-0.3, -0.25) is 4.79 Å². The van der Waals surface area contributed by atoms with Crippen molar-refractivity contribution in [2.75, 3.05) is 0 Å². The van der Waals surface area contributed by atoms with Gasteiger partial charge in [-0.2, -0.15) is 0 Å². The van der Waals surface area contributed by atoms with Gasteiger partial charge in [0.25, 0.3) is 0 Å². The lowest BCUT2D eigenvalue weighted by molar-refractivity contribution is -0.137. The van der Waals surface area contributed by atoms with E-state index in [0.717, 1.165) is 25.7 Å². The average Bonchev–Trinajstić information content (AvgIpc) is 2.55. The zero-order valence-corrected chi connectivity index (χ0v) is 14.7. The second-order valence-electron chi connectivity index (χ2n) is 5.71. The van der Waals surface area contributed by atoms with Gasteiger partial charge in [-0.15, -0.1) is 0 Å². The van der Waals surface area contributed by atoms with E-state index in [0.29, 0.717) is 6.42 Å². The molecule has 0 saturated heterocycles. The number of unbranched alkanes of at least 4 members (excludes halogenated alkanes) is 4. The van der Waals surface area contributed by atoms with Crippen LogP contribution in [0, 0.1) is 0 Å². The third kappa shape index (κ3) is 15.3. The van der Waals surface area contributed by atoms with Gasteiger partial charge in [-0.25, -0.2) is 0 Å². The molecule has 2 unspecified atom stereocenters. The largest absolute Gasteiger partial charge is 0.481 e. The van der Waals surface area contributed by atoms with Gasteiger partial charge in [0, 0.05) is 6.42 Å². The minimum atomic E-state index is -0.899.